The van der Waals surface area contributed by atoms with Crippen molar-refractivity contribution in [3.63, 3.8) is 0 Å². The predicted octanol–water partition coefficient (Wildman–Crippen LogP) is 2.30. The Bertz CT molecular complexity index is 822. The van der Waals surface area contributed by atoms with Crippen LogP contribution in [0.5, 0.6) is 0 Å². The molecule has 2 aliphatic rings. The third kappa shape index (κ3) is 4.22. The van der Waals surface area contributed by atoms with Crippen LogP contribution in [-0.4, -0.2) is 55.8 Å². The highest BCUT2D eigenvalue weighted by Crippen LogP contribution is 2.30. The second-order valence-corrected chi connectivity index (χ2v) is 9.96. The molecule has 1 saturated heterocycles. The Kier molecular flexibility index (Phi) is 7.18. The maximum absolute atomic E-state index is 13.3. The van der Waals surface area contributed by atoms with Gasteiger partial charge in [0.05, 0.1) is 4.90 Å². The van der Waals surface area contributed by atoms with Crippen molar-refractivity contribution in [2.75, 3.05) is 26.2 Å². The van der Waals surface area contributed by atoms with E-state index in [-0.39, 0.29) is 30.3 Å². The minimum absolute atomic E-state index is 0. The van der Waals surface area contributed by atoms with Crippen LogP contribution in [0.3, 0.4) is 0 Å². The van der Waals surface area contributed by atoms with Crippen molar-refractivity contribution in [3.8, 4) is 0 Å². The van der Waals surface area contributed by atoms with Gasteiger partial charge in [-0.05, 0) is 69.2 Å². The Hall–Kier alpha value is -1.15. The molecule has 158 valence electrons. The van der Waals surface area contributed by atoms with Gasteiger partial charge >= 0.3 is 0 Å². The summed E-state index contributed by atoms with van der Waals surface area (Å²) in [4.78, 5) is 14.9. The molecule has 1 heterocycles. The van der Waals surface area contributed by atoms with E-state index in [0.717, 1.165) is 41.5 Å². The largest absolute Gasteiger partial charge is 0.340 e. The summed E-state index contributed by atoms with van der Waals surface area (Å²) in [5.41, 5.74) is 9.54. The van der Waals surface area contributed by atoms with E-state index in [1.807, 2.05) is 38.7 Å². The molecular formula is C20H32ClN3O3S. The fraction of sp³-hybridized carbons (Fsp3) is 0.650. The molecule has 6 nitrogen and oxygen atoms in total. The summed E-state index contributed by atoms with van der Waals surface area (Å²) >= 11 is 0. The van der Waals surface area contributed by atoms with Crippen molar-refractivity contribution in [2.24, 2.45) is 11.7 Å². The van der Waals surface area contributed by atoms with Crippen LogP contribution >= 0.6 is 12.4 Å². The van der Waals surface area contributed by atoms with Gasteiger partial charge in [0.2, 0.25) is 15.9 Å². The molecule has 1 saturated carbocycles. The molecule has 1 aliphatic carbocycles. The SMILES string of the molecule is Cc1cc(C)c(C)c(S(=O)(=O)N2CCN(C(=O)C3CCC(N)C3)CC2)c1C.Cl. The van der Waals surface area contributed by atoms with E-state index in [4.69, 9.17) is 5.73 Å². The number of carbonyl (C=O) groups excluding carboxylic acids is 1. The number of piperazine rings is 1. The Morgan fingerprint density at radius 3 is 2.00 bits per heavy atom. The Balaban J connectivity index is 0.00000280. The molecule has 0 bridgehead atoms. The summed E-state index contributed by atoms with van der Waals surface area (Å²) in [6.45, 7) is 9.24. The highest BCUT2D eigenvalue weighted by molar-refractivity contribution is 7.89. The summed E-state index contributed by atoms with van der Waals surface area (Å²) in [6.07, 6.45) is 2.49. The zero-order valence-corrected chi connectivity index (χ0v) is 18.8. The van der Waals surface area contributed by atoms with Crippen LogP contribution in [0.15, 0.2) is 11.0 Å². The number of sulfonamides is 1. The molecule has 0 spiro atoms. The standard InChI is InChI=1S/C20H31N3O3S.ClH/c1-13-11-14(2)16(4)19(15(13)3)27(25,26)23-9-7-22(8-10-23)20(24)17-5-6-18(21)12-17;/h11,17-18H,5-10,12,21H2,1-4H3;1H. The molecule has 0 aromatic heterocycles. The van der Waals surface area contributed by atoms with Crippen LogP contribution in [0.4, 0.5) is 0 Å². The molecule has 1 aromatic rings. The zero-order chi connectivity index (χ0) is 19.9. The van der Waals surface area contributed by atoms with Gasteiger partial charge in [-0.15, -0.1) is 12.4 Å². The third-order valence-corrected chi connectivity index (χ3v) is 8.44. The van der Waals surface area contributed by atoms with Crippen LogP contribution in [0, 0.1) is 33.6 Å². The van der Waals surface area contributed by atoms with E-state index in [1.54, 1.807) is 0 Å². The van der Waals surface area contributed by atoms with Crippen molar-refractivity contribution >= 4 is 28.3 Å². The molecule has 1 amide bonds. The maximum atomic E-state index is 13.3. The first-order valence-corrected chi connectivity index (χ1v) is 11.2. The monoisotopic (exact) mass is 429 g/mol. The summed E-state index contributed by atoms with van der Waals surface area (Å²) in [7, 11) is -3.57. The molecule has 2 atom stereocenters. The summed E-state index contributed by atoms with van der Waals surface area (Å²) < 4.78 is 28.2. The molecular weight excluding hydrogens is 398 g/mol. The highest BCUT2D eigenvalue weighted by atomic mass is 35.5. The average molecular weight is 430 g/mol. The fourth-order valence-corrected chi connectivity index (χ4v) is 6.34. The van der Waals surface area contributed by atoms with Crippen LogP contribution in [0.2, 0.25) is 0 Å². The lowest BCUT2D eigenvalue weighted by Crippen LogP contribution is -2.52. The van der Waals surface area contributed by atoms with E-state index in [2.05, 4.69) is 0 Å². The molecule has 3 rings (SSSR count). The topological polar surface area (TPSA) is 83.7 Å². The van der Waals surface area contributed by atoms with Crippen LogP contribution in [0.1, 0.15) is 41.5 Å². The number of nitrogens with zero attached hydrogens (tertiary/aromatic N) is 2. The summed E-state index contributed by atoms with van der Waals surface area (Å²) in [6, 6.07) is 2.16. The van der Waals surface area contributed by atoms with E-state index in [0.29, 0.717) is 31.1 Å². The van der Waals surface area contributed by atoms with Gasteiger partial charge in [0.25, 0.3) is 0 Å². The maximum Gasteiger partial charge on any atom is 0.243 e. The summed E-state index contributed by atoms with van der Waals surface area (Å²) in [5.74, 6) is 0.144. The van der Waals surface area contributed by atoms with Crippen molar-refractivity contribution in [1.82, 2.24) is 9.21 Å². The van der Waals surface area contributed by atoms with Gasteiger partial charge in [0, 0.05) is 38.1 Å². The molecule has 1 aliphatic heterocycles. The predicted molar refractivity (Wildman–Crippen MR) is 113 cm³/mol. The highest BCUT2D eigenvalue weighted by Gasteiger charge is 2.36. The Morgan fingerprint density at radius 2 is 1.54 bits per heavy atom. The number of amides is 1. The first-order valence-electron chi connectivity index (χ1n) is 9.75. The Morgan fingerprint density at radius 1 is 1.00 bits per heavy atom. The van der Waals surface area contributed by atoms with Crippen LogP contribution in [0.25, 0.3) is 0 Å². The minimum Gasteiger partial charge on any atom is -0.340 e. The second kappa shape index (κ2) is 8.69. The smallest absolute Gasteiger partial charge is 0.243 e. The van der Waals surface area contributed by atoms with Gasteiger partial charge in [-0.25, -0.2) is 8.42 Å². The quantitative estimate of drug-likeness (QED) is 0.798. The van der Waals surface area contributed by atoms with Gasteiger partial charge in [0.1, 0.15) is 0 Å². The van der Waals surface area contributed by atoms with Crippen molar-refractivity contribution in [2.45, 2.75) is 57.9 Å². The van der Waals surface area contributed by atoms with Crippen molar-refractivity contribution in [1.29, 1.82) is 0 Å². The zero-order valence-electron chi connectivity index (χ0n) is 17.2. The number of aryl methyl sites for hydroxylation is 2. The first kappa shape index (κ1) is 23.1. The molecule has 2 N–H and O–H groups in total. The van der Waals surface area contributed by atoms with E-state index < -0.39 is 10.0 Å². The number of halogens is 1. The van der Waals surface area contributed by atoms with E-state index >= 15 is 0 Å². The lowest BCUT2D eigenvalue weighted by Gasteiger charge is -2.36. The van der Waals surface area contributed by atoms with Crippen LogP contribution < -0.4 is 5.73 Å². The number of carbonyl (C=O) groups is 1. The normalized spacial score (nSPS) is 23.5. The van der Waals surface area contributed by atoms with Gasteiger partial charge in [-0.3, -0.25) is 4.79 Å². The number of nitrogens with two attached hydrogens (primary N) is 1. The average Bonchev–Trinajstić information content (AvgIpc) is 3.06. The van der Waals surface area contributed by atoms with Gasteiger partial charge < -0.3 is 10.6 Å². The number of benzene rings is 1. The third-order valence-electron chi connectivity index (χ3n) is 6.27. The first-order chi connectivity index (χ1) is 12.6. The second-order valence-electron chi connectivity index (χ2n) is 8.09. The van der Waals surface area contributed by atoms with Crippen molar-refractivity contribution < 1.29 is 13.2 Å². The van der Waals surface area contributed by atoms with E-state index in [9.17, 15) is 13.2 Å². The lowest BCUT2D eigenvalue weighted by molar-refractivity contribution is -0.136. The molecule has 2 fully saturated rings. The Labute approximate surface area is 174 Å². The molecule has 0 radical (unpaired) electrons. The summed E-state index contributed by atoms with van der Waals surface area (Å²) in [5, 5.41) is 0. The lowest BCUT2D eigenvalue weighted by atomic mass is 10.0. The number of rotatable bonds is 3. The minimum atomic E-state index is -3.57. The molecule has 8 heteroatoms. The number of hydrogen-bond acceptors (Lipinski definition) is 4. The van der Waals surface area contributed by atoms with Crippen LogP contribution in [-0.2, 0) is 14.8 Å². The van der Waals surface area contributed by atoms with E-state index in [1.165, 1.54) is 4.31 Å². The van der Waals surface area contributed by atoms with Gasteiger partial charge in [0.15, 0.2) is 0 Å². The molecule has 28 heavy (non-hydrogen) atoms. The van der Waals surface area contributed by atoms with Gasteiger partial charge in [-0.1, -0.05) is 6.07 Å². The van der Waals surface area contributed by atoms with Crippen molar-refractivity contribution in [3.05, 3.63) is 28.3 Å². The van der Waals surface area contributed by atoms with Gasteiger partial charge in [-0.2, -0.15) is 4.31 Å². The fourth-order valence-electron chi connectivity index (χ4n) is 4.34. The molecule has 2 unspecified atom stereocenters. The number of hydrogen-bond donors (Lipinski definition) is 1. The molecule has 1 aromatic carbocycles.